The molecule has 1 aromatic heterocycles. The number of hydrogen-bond donors (Lipinski definition) is 3. The Kier molecular flexibility index (Phi) is 15.2. The molecule has 4 aromatic rings. The number of hydrogen-bond acceptors (Lipinski definition) is 10. The standard InChI is InChI=1S/C51H63ClF3N9O5/c1-30(37-23-38(51(53,54)55)26-39(56)24-37)57-47-41-27-40(45(69-4)28-43(41)58-31(2)59-47)34-5-7-35(8-6-34)48(66)62-18-12-32(13-19-62)11-17-61(3)29-33-14-20-63(21-15-33)49(67)36-9-10-42(52)44(25-36)64-22-16-46(65)60-50(64)68/h9-10,23-28,30,32-35H,5-8,11-22,29,56H2,1-4H3,(H,57,58,59)(H,60,65,68)/t30-,34?,35?/m1/s1. The van der Waals surface area contributed by atoms with E-state index in [0.29, 0.717) is 69.7 Å². The quantitative estimate of drug-likeness (QED) is 0.110. The largest absolute Gasteiger partial charge is 0.496 e. The number of nitrogen functional groups attached to an aromatic ring is 1. The van der Waals surface area contributed by atoms with E-state index < -0.39 is 23.8 Å². The van der Waals surface area contributed by atoms with Crippen LogP contribution in [0.25, 0.3) is 10.9 Å². The number of nitrogens with one attached hydrogen (secondary N) is 2. The van der Waals surface area contributed by atoms with Gasteiger partial charge in [0.25, 0.3) is 5.91 Å². The van der Waals surface area contributed by atoms with Crippen LogP contribution >= 0.6 is 11.6 Å². The molecule has 1 atom stereocenters. The number of carbonyl (C=O) groups is 4. The maximum absolute atomic E-state index is 13.9. The highest BCUT2D eigenvalue weighted by Crippen LogP contribution is 2.43. The summed E-state index contributed by atoms with van der Waals surface area (Å²) in [7, 11) is 3.81. The number of aryl methyl sites for hydroxylation is 1. The van der Waals surface area contributed by atoms with Crippen molar-refractivity contribution in [2.24, 2.45) is 17.8 Å². The van der Waals surface area contributed by atoms with Crippen LogP contribution in [0.4, 0.5) is 35.2 Å². The summed E-state index contributed by atoms with van der Waals surface area (Å²) in [6.45, 7) is 8.56. The second kappa shape index (κ2) is 21.1. The molecule has 4 heterocycles. The lowest BCUT2D eigenvalue weighted by Gasteiger charge is -2.37. The molecule has 0 radical (unpaired) electrons. The average Bonchev–Trinajstić information content (AvgIpc) is 3.33. The molecule has 69 heavy (non-hydrogen) atoms. The van der Waals surface area contributed by atoms with Crippen LogP contribution in [0.1, 0.15) is 116 Å². The minimum absolute atomic E-state index is 0.0273. The summed E-state index contributed by atoms with van der Waals surface area (Å²) in [5.41, 5.74) is 8.04. The highest BCUT2D eigenvalue weighted by Gasteiger charge is 2.35. The first-order valence-corrected chi connectivity index (χ1v) is 24.6. The number of carbonyl (C=O) groups excluding carboxylic acids is 4. The molecule has 3 aromatic carbocycles. The van der Waals surface area contributed by atoms with Gasteiger partial charge in [0.2, 0.25) is 11.8 Å². The second-order valence-electron chi connectivity index (χ2n) is 19.5. The van der Waals surface area contributed by atoms with Gasteiger partial charge in [-0.1, -0.05) is 11.6 Å². The number of likely N-dealkylation sites (tertiary alicyclic amines) is 2. The molecule has 1 aliphatic carbocycles. The van der Waals surface area contributed by atoms with Crippen LogP contribution in [-0.2, 0) is 15.8 Å². The topological polar surface area (TPSA) is 166 Å². The lowest BCUT2D eigenvalue weighted by molar-refractivity contribution is -0.138. The van der Waals surface area contributed by atoms with Crippen LogP contribution in [0.2, 0.25) is 5.02 Å². The van der Waals surface area contributed by atoms with E-state index in [9.17, 15) is 32.3 Å². The van der Waals surface area contributed by atoms with Crippen molar-refractivity contribution in [2.45, 2.75) is 96.2 Å². The summed E-state index contributed by atoms with van der Waals surface area (Å²) < 4.78 is 46.8. The number of alkyl halides is 3. The van der Waals surface area contributed by atoms with Gasteiger partial charge in [0.1, 0.15) is 17.4 Å². The van der Waals surface area contributed by atoms with Gasteiger partial charge in [-0.2, -0.15) is 13.2 Å². The average molecular weight is 975 g/mol. The zero-order valence-corrected chi connectivity index (χ0v) is 40.6. The number of imide groups is 1. The maximum Gasteiger partial charge on any atom is 0.416 e. The van der Waals surface area contributed by atoms with E-state index in [0.717, 1.165) is 107 Å². The first-order valence-electron chi connectivity index (χ1n) is 24.2. The number of aromatic nitrogens is 2. The molecule has 5 amide bonds. The van der Waals surface area contributed by atoms with Crippen LogP contribution in [0.15, 0.2) is 48.5 Å². The SMILES string of the molecule is COc1cc2nc(C)nc(N[C@H](C)c3cc(N)cc(C(F)(F)F)c3)c2cc1C1CCC(C(=O)N2CCC(CCN(C)CC3CCN(C(=O)c4ccc(Cl)c(N5CCC(=O)NC5=O)c4)CC3)CC2)CC1. The Morgan fingerprint density at radius 3 is 2.30 bits per heavy atom. The summed E-state index contributed by atoms with van der Waals surface area (Å²) in [6, 6.07) is 11.4. The minimum atomic E-state index is -4.53. The molecule has 4 N–H and O–H groups in total. The van der Waals surface area contributed by atoms with Gasteiger partial charge in [0, 0.05) is 74.3 Å². The number of nitrogens with zero attached hydrogens (tertiary/aromatic N) is 6. The number of piperidine rings is 2. The summed E-state index contributed by atoms with van der Waals surface area (Å²) in [5.74, 6) is 2.72. The Hall–Kier alpha value is -5.68. The highest BCUT2D eigenvalue weighted by molar-refractivity contribution is 6.34. The summed E-state index contributed by atoms with van der Waals surface area (Å²) >= 11 is 6.41. The monoisotopic (exact) mass is 973 g/mol. The van der Waals surface area contributed by atoms with E-state index in [4.69, 9.17) is 22.1 Å². The van der Waals surface area contributed by atoms with E-state index in [1.54, 1.807) is 39.2 Å². The Bertz CT molecular complexity index is 2560. The fourth-order valence-corrected chi connectivity index (χ4v) is 10.9. The summed E-state index contributed by atoms with van der Waals surface area (Å²) in [6.07, 6.45) is 3.71. The molecule has 0 unspecified atom stereocenters. The summed E-state index contributed by atoms with van der Waals surface area (Å²) in [4.78, 5) is 68.6. The zero-order valence-electron chi connectivity index (χ0n) is 39.8. The van der Waals surface area contributed by atoms with Crippen molar-refractivity contribution < 1.29 is 37.1 Å². The van der Waals surface area contributed by atoms with Crippen LogP contribution in [0.3, 0.4) is 0 Å². The molecule has 14 nitrogen and oxygen atoms in total. The molecule has 3 saturated heterocycles. The smallest absolute Gasteiger partial charge is 0.416 e. The van der Waals surface area contributed by atoms with Crippen LogP contribution in [-0.4, -0.2) is 108 Å². The van der Waals surface area contributed by atoms with Gasteiger partial charge in [-0.05, 0) is 157 Å². The van der Waals surface area contributed by atoms with Crippen LogP contribution in [0, 0.1) is 24.7 Å². The van der Waals surface area contributed by atoms with Gasteiger partial charge in [0.15, 0.2) is 0 Å². The van der Waals surface area contributed by atoms with E-state index in [-0.39, 0.29) is 48.2 Å². The van der Waals surface area contributed by atoms with E-state index in [1.165, 1.54) is 11.0 Å². The fourth-order valence-electron chi connectivity index (χ4n) is 10.7. The van der Waals surface area contributed by atoms with E-state index >= 15 is 0 Å². The van der Waals surface area contributed by atoms with Crippen molar-refractivity contribution in [1.29, 1.82) is 0 Å². The molecule has 0 bridgehead atoms. The van der Waals surface area contributed by atoms with Gasteiger partial charge in [-0.15, -0.1) is 0 Å². The number of nitrogens with two attached hydrogens (primary N) is 1. The van der Waals surface area contributed by atoms with Crippen molar-refractivity contribution in [1.82, 2.24) is 30.0 Å². The van der Waals surface area contributed by atoms with Crippen molar-refractivity contribution in [3.63, 3.8) is 0 Å². The van der Waals surface area contributed by atoms with Crippen molar-refractivity contribution in [3.8, 4) is 5.75 Å². The molecule has 0 spiro atoms. The summed E-state index contributed by atoms with van der Waals surface area (Å²) in [5, 5.41) is 6.72. The third kappa shape index (κ3) is 11.7. The lowest BCUT2D eigenvalue weighted by atomic mass is 9.77. The molecule has 3 aliphatic heterocycles. The van der Waals surface area contributed by atoms with Gasteiger partial charge < -0.3 is 30.5 Å². The molecular formula is C51H63ClF3N9O5. The predicted octanol–water partition coefficient (Wildman–Crippen LogP) is 9.21. The van der Waals surface area contributed by atoms with Gasteiger partial charge in [-0.25, -0.2) is 14.8 Å². The highest BCUT2D eigenvalue weighted by atomic mass is 35.5. The lowest BCUT2D eigenvalue weighted by Crippen LogP contribution is -2.49. The van der Waals surface area contributed by atoms with E-state index in [2.05, 4.69) is 37.4 Å². The van der Waals surface area contributed by atoms with Crippen molar-refractivity contribution >= 4 is 63.4 Å². The minimum Gasteiger partial charge on any atom is -0.496 e. The first-order chi connectivity index (χ1) is 32.9. The Balaban J connectivity index is 0.781. The number of ether oxygens (including phenoxy) is 1. The number of amides is 5. The molecule has 18 heteroatoms. The number of methoxy groups -OCH3 is 1. The molecular weight excluding hydrogens is 911 g/mol. The molecule has 370 valence electrons. The second-order valence-corrected chi connectivity index (χ2v) is 19.9. The van der Waals surface area contributed by atoms with Gasteiger partial charge in [-0.3, -0.25) is 24.6 Å². The predicted molar refractivity (Wildman–Crippen MR) is 260 cm³/mol. The van der Waals surface area contributed by atoms with Crippen LogP contribution < -0.4 is 26.0 Å². The fraction of sp³-hybridized carbons (Fsp3) is 0.529. The molecule has 1 saturated carbocycles. The third-order valence-electron chi connectivity index (χ3n) is 14.7. The third-order valence-corrected chi connectivity index (χ3v) is 15.0. The molecule has 8 rings (SSSR count). The Morgan fingerprint density at radius 1 is 0.928 bits per heavy atom. The number of halogens is 4. The molecule has 4 aliphatic rings. The van der Waals surface area contributed by atoms with Gasteiger partial charge >= 0.3 is 12.2 Å². The van der Waals surface area contributed by atoms with Crippen molar-refractivity contribution in [3.05, 3.63) is 81.6 Å². The number of urea groups is 1. The Morgan fingerprint density at radius 2 is 1.62 bits per heavy atom. The van der Waals surface area contributed by atoms with Crippen LogP contribution in [0.5, 0.6) is 5.75 Å². The maximum atomic E-state index is 13.9. The Labute approximate surface area is 406 Å². The normalized spacial score (nSPS) is 20.3. The zero-order chi connectivity index (χ0) is 49.1. The number of anilines is 3. The number of fused-ring (bicyclic) bond motifs is 1. The molecule has 4 fully saturated rings. The van der Waals surface area contributed by atoms with Crippen molar-refractivity contribution in [2.75, 3.05) is 75.9 Å². The van der Waals surface area contributed by atoms with E-state index in [1.807, 2.05) is 17.0 Å². The number of benzene rings is 3. The first kappa shape index (κ1) is 49.7. The number of rotatable bonds is 13. The van der Waals surface area contributed by atoms with Gasteiger partial charge in [0.05, 0.1) is 34.9 Å².